The lowest BCUT2D eigenvalue weighted by Gasteiger charge is -2.07. The fourth-order valence-electron chi connectivity index (χ4n) is 2.19. The van der Waals surface area contributed by atoms with Crippen molar-refractivity contribution >= 4 is 32.3 Å². The molecule has 0 saturated heterocycles. The van der Waals surface area contributed by atoms with Crippen LogP contribution in [-0.2, 0) is 9.84 Å². The number of sulfone groups is 1. The smallest absolute Gasteiger partial charge is 0.214 e. The Morgan fingerprint density at radius 3 is 2.43 bits per heavy atom. The molecule has 0 aliphatic rings. The average molecular weight is 356 g/mol. The zero-order valence-corrected chi connectivity index (χ0v) is 12.9. The molecule has 3 aromatic rings. The number of aromatic amines is 1. The van der Waals surface area contributed by atoms with Crippen LogP contribution < -0.4 is 5.43 Å². The number of hydrogen-bond acceptors (Lipinski definition) is 3. The predicted octanol–water partition coefficient (Wildman–Crippen LogP) is 3.29. The molecule has 2 aromatic carbocycles. The highest BCUT2D eigenvalue weighted by atomic mass is 35.5. The summed E-state index contributed by atoms with van der Waals surface area (Å²) in [4.78, 5) is 13.7. The van der Waals surface area contributed by atoms with Crippen molar-refractivity contribution in [3.63, 3.8) is 0 Å². The van der Waals surface area contributed by atoms with Crippen molar-refractivity contribution in [1.82, 2.24) is 4.98 Å². The maximum Gasteiger partial charge on any atom is 0.214 e. The summed E-state index contributed by atoms with van der Waals surface area (Å²) in [6, 6.07) is 6.32. The van der Waals surface area contributed by atoms with Crippen molar-refractivity contribution < 1.29 is 17.2 Å². The lowest BCUT2D eigenvalue weighted by Crippen LogP contribution is -2.17. The first-order valence-electron chi connectivity index (χ1n) is 6.32. The summed E-state index contributed by atoms with van der Waals surface area (Å²) in [5.41, 5.74) is -0.444. The molecule has 0 radical (unpaired) electrons. The summed E-state index contributed by atoms with van der Waals surface area (Å²) in [6.07, 6.45) is 0.971. The van der Waals surface area contributed by atoms with Crippen LogP contribution in [0.25, 0.3) is 10.9 Å². The van der Waals surface area contributed by atoms with Gasteiger partial charge in [-0.25, -0.2) is 17.2 Å². The van der Waals surface area contributed by atoms with Crippen LogP contribution in [0.15, 0.2) is 57.2 Å². The molecule has 0 atom stereocenters. The molecule has 1 N–H and O–H groups in total. The summed E-state index contributed by atoms with van der Waals surface area (Å²) >= 11 is 5.81. The van der Waals surface area contributed by atoms with E-state index < -0.39 is 36.7 Å². The number of benzene rings is 2. The Morgan fingerprint density at radius 2 is 1.74 bits per heavy atom. The topological polar surface area (TPSA) is 67.0 Å². The lowest BCUT2D eigenvalue weighted by molar-refractivity contribution is 0.549. The summed E-state index contributed by atoms with van der Waals surface area (Å²) in [5, 5.41) is 0.464. The van der Waals surface area contributed by atoms with Gasteiger partial charge >= 0.3 is 0 Å². The van der Waals surface area contributed by atoms with Gasteiger partial charge in [-0.2, -0.15) is 0 Å². The first-order chi connectivity index (χ1) is 10.8. The Labute approximate surface area is 134 Å². The molecule has 0 bridgehead atoms. The van der Waals surface area contributed by atoms with Crippen LogP contribution in [0.4, 0.5) is 8.78 Å². The van der Waals surface area contributed by atoms with Crippen molar-refractivity contribution in [1.29, 1.82) is 0 Å². The first kappa shape index (κ1) is 15.6. The van der Waals surface area contributed by atoms with Crippen LogP contribution in [0.2, 0.25) is 5.02 Å². The van der Waals surface area contributed by atoms with E-state index in [-0.39, 0.29) is 5.39 Å². The fraction of sp³-hybridized carbons (Fsp3) is 0. The number of fused-ring (bicyclic) bond motifs is 1. The first-order valence-corrected chi connectivity index (χ1v) is 8.18. The molecule has 1 heterocycles. The van der Waals surface area contributed by atoms with E-state index in [1.165, 1.54) is 18.2 Å². The predicted molar refractivity (Wildman–Crippen MR) is 81.4 cm³/mol. The van der Waals surface area contributed by atoms with Gasteiger partial charge in [0.05, 0.1) is 5.52 Å². The second-order valence-electron chi connectivity index (χ2n) is 4.75. The standard InChI is InChI=1S/C15H8ClF2NO3S/c16-8-1-3-10-12(5-8)19-7-14(15(10)20)23(21,22)13-4-2-9(17)6-11(13)18/h1-7H,(H,19,20). The normalized spacial score (nSPS) is 11.8. The van der Waals surface area contributed by atoms with E-state index in [1.54, 1.807) is 0 Å². The fourth-order valence-corrected chi connectivity index (χ4v) is 3.73. The van der Waals surface area contributed by atoms with Crippen molar-refractivity contribution in [3.8, 4) is 0 Å². The molecule has 3 rings (SSSR count). The number of aromatic nitrogens is 1. The molecule has 118 valence electrons. The average Bonchev–Trinajstić information content (AvgIpc) is 2.46. The van der Waals surface area contributed by atoms with Gasteiger partial charge in [0, 0.05) is 22.7 Å². The Hall–Kier alpha value is -2.25. The Balaban J connectivity index is 2.29. The van der Waals surface area contributed by atoms with Gasteiger partial charge in [0.1, 0.15) is 21.4 Å². The number of pyridine rings is 1. The zero-order chi connectivity index (χ0) is 16.8. The van der Waals surface area contributed by atoms with Gasteiger partial charge in [0.2, 0.25) is 15.3 Å². The molecule has 0 unspecified atom stereocenters. The van der Waals surface area contributed by atoms with Crippen molar-refractivity contribution in [2.75, 3.05) is 0 Å². The van der Waals surface area contributed by atoms with Crippen LogP contribution in [0.5, 0.6) is 0 Å². The third-order valence-corrected chi connectivity index (χ3v) is 5.31. The second-order valence-corrected chi connectivity index (χ2v) is 7.07. The Morgan fingerprint density at radius 1 is 1.00 bits per heavy atom. The number of nitrogens with one attached hydrogen (secondary N) is 1. The maximum absolute atomic E-state index is 13.8. The molecule has 0 aliphatic heterocycles. The molecule has 0 saturated carbocycles. The molecule has 4 nitrogen and oxygen atoms in total. The third kappa shape index (κ3) is 2.62. The molecular formula is C15H8ClF2NO3S. The highest BCUT2D eigenvalue weighted by molar-refractivity contribution is 7.91. The van der Waals surface area contributed by atoms with Gasteiger partial charge in [-0.1, -0.05) is 11.6 Å². The van der Waals surface area contributed by atoms with Crippen molar-refractivity contribution in [2.45, 2.75) is 9.79 Å². The van der Waals surface area contributed by atoms with Crippen LogP contribution in [0.1, 0.15) is 0 Å². The maximum atomic E-state index is 13.8. The number of hydrogen-bond donors (Lipinski definition) is 1. The van der Waals surface area contributed by atoms with Crippen molar-refractivity contribution in [2.24, 2.45) is 0 Å². The number of halogens is 3. The summed E-state index contributed by atoms with van der Waals surface area (Å²) < 4.78 is 51.7. The van der Waals surface area contributed by atoms with Gasteiger partial charge in [-0.3, -0.25) is 4.79 Å². The van der Waals surface area contributed by atoms with E-state index in [0.29, 0.717) is 16.6 Å². The quantitative estimate of drug-likeness (QED) is 0.717. The molecule has 23 heavy (non-hydrogen) atoms. The van der Waals surface area contributed by atoms with Gasteiger partial charge in [0.25, 0.3) is 0 Å². The molecule has 0 aliphatic carbocycles. The molecule has 8 heteroatoms. The van der Waals surface area contributed by atoms with Crippen LogP contribution >= 0.6 is 11.6 Å². The van der Waals surface area contributed by atoms with Crippen LogP contribution in [0, 0.1) is 11.6 Å². The van der Waals surface area contributed by atoms with Crippen molar-refractivity contribution in [3.05, 3.63) is 69.5 Å². The second kappa shape index (κ2) is 5.43. The van der Waals surface area contributed by atoms with Gasteiger partial charge in [0.15, 0.2) is 0 Å². The van der Waals surface area contributed by atoms with E-state index in [0.717, 1.165) is 18.3 Å². The molecule has 0 fully saturated rings. The Kier molecular flexibility index (Phi) is 3.69. The van der Waals surface area contributed by atoms with Crippen LogP contribution in [0.3, 0.4) is 0 Å². The lowest BCUT2D eigenvalue weighted by atomic mass is 10.2. The largest absolute Gasteiger partial charge is 0.360 e. The Bertz CT molecular complexity index is 1090. The molecule has 0 amide bonds. The van der Waals surface area contributed by atoms with Crippen LogP contribution in [-0.4, -0.2) is 13.4 Å². The zero-order valence-electron chi connectivity index (χ0n) is 11.3. The molecule has 0 spiro atoms. The minimum absolute atomic E-state index is 0.0954. The van der Waals surface area contributed by atoms with E-state index >= 15 is 0 Å². The highest BCUT2D eigenvalue weighted by Crippen LogP contribution is 2.23. The van der Waals surface area contributed by atoms with E-state index in [4.69, 9.17) is 11.6 Å². The molecule has 1 aromatic heterocycles. The monoisotopic (exact) mass is 355 g/mol. The summed E-state index contributed by atoms with van der Waals surface area (Å²) in [5.74, 6) is -2.18. The van der Waals surface area contributed by atoms with E-state index in [2.05, 4.69) is 4.98 Å². The van der Waals surface area contributed by atoms with Gasteiger partial charge < -0.3 is 4.98 Å². The number of H-pyrrole nitrogens is 1. The SMILES string of the molecule is O=c1c(S(=O)(=O)c2ccc(F)cc2F)c[nH]c2cc(Cl)ccc12. The van der Waals surface area contributed by atoms with E-state index in [9.17, 15) is 22.0 Å². The van der Waals surface area contributed by atoms with E-state index in [1.807, 2.05) is 0 Å². The molecular weight excluding hydrogens is 348 g/mol. The third-order valence-electron chi connectivity index (χ3n) is 3.28. The van der Waals surface area contributed by atoms with Gasteiger partial charge in [-0.15, -0.1) is 0 Å². The minimum Gasteiger partial charge on any atom is -0.360 e. The summed E-state index contributed by atoms with van der Waals surface area (Å²) in [6.45, 7) is 0. The highest BCUT2D eigenvalue weighted by Gasteiger charge is 2.26. The minimum atomic E-state index is -4.44. The van der Waals surface area contributed by atoms with Gasteiger partial charge in [-0.05, 0) is 30.3 Å². The summed E-state index contributed by atoms with van der Waals surface area (Å²) in [7, 11) is -4.44. The number of rotatable bonds is 2.